The number of rotatable bonds is 7. The van der Waals surface area contributed by atoms with Crippen molar-refractivity contribution < 1.29 is 24.2 Å². The van der Waals surface area contributed by atoms with Crippen molar-refractivity contribution in [1.29, 1.82) is 0 Å². The average molecular weight is 607 g/mol. The van der Waals surface area contributed by atoms with Gasteiger partial charge in [-0.15, -0.1) is 0 Å². The first-order valence-corrected chi connectivity index (χ1v) is 14.6. The number of allylic oxidation sites excluding steroid dienone is 4. The van der Waals surface area contributed by atoms with Crippen molar-refractivity contribution in [2.24, 2.45) is 10.8 Å². The number of halogens is 1. The van der Waals surface area contributed by atoms with Crippen LogP contribution in [0.2, 0.25) is 0 Å². The van der Waals surface area contributed by atoms with Crippen LogP contribution in [0.25, 0.3) is 0 Å². The van der Waals surface area contributed by atoms with Crippen molar-refractivity contribution in [2.75, 3.05) is 6.54 Å². The largest absolute Gasteiger partial charge is 0.489 e. The maximum atomic E-state index is 14.0. The standard InChI is InChI=1S/C33H36BrNO5/c1-32(2)15-23-30(25(36)17-32)29(22-7-5-6-8-27(22)40-19-20-9-11-21(34)12-10-20)31-24(35(23)14-13-28(38)39)16-33(3,4)18-26(31)37/h5-12,29H,13-19H2,1-4H3,(H,38,39). The molecule has 1 aliphatic heterocycles. The molecule has 0 bridgehead atoms. The van der Waals surface area contributed by atoms with Crippen LogP contribution < -0.4 is 4.74 Å². The molecule has 0 saturated carbocycles. The first kappa shape index (κ1) is 28.3. The third-order valence-corrected chi connectivity index (χ3v) is 8.64. The van der Waals surface area contributed by atoms with Gasteiger partial charge in [-0.05, 0) is 47.4 Å². The van der Waals surface area contributed by atoms with Crippen LogP contribution in [0.15, 0.2) is 75.5 Å². The Balaban J connectivity index is 1.67. The highest BCUT2D eigenvalue weighted by atomic mass is 79.9. The van der Waals surface area contributed by atoms with Crippen molar-refractivity contribution in [1.82, 2.24) is 4.90 Å². The second-order valence-electron chi connectivity index (χ2n) is 12.8. The van der Waals surface area contributed by atoms with Crippen molar-refractivity contribution in [3.63, 3.8) is 0 Å². The van der Waals surface area contributed by atoms with Crippen LogP contribution in [-0.2, 0) is 21.0 Å². The molecule has 3 aliphatic rings. The first-order chi connectivity index (χ1) is 18.8. The van der Waals surface area contributed by atoms with Gasteiger partial charge in [0, 0.05) is 57.9 Å². The van der Waals surface area contributed by atoms with Crippen LogP contribution >= 0.6 is 15.9 Å². The van der Waals surface area contributed by atoms with Crippen LogP contribution in [0.1, 0.15) is 76.8 Å². The molecular formula is C33H36BrNO5. The normalized spacial score (nSPS) is 20.4. The molecule has 2 aliphatic carbocycles. The van der Waals surface area contributed by atoms with Gasteiger partial charge in [0.15, 0.2) is 11.6 Å². The van der Waals surface area contributed by atoms with E-state index in [-0.39, 0.29) is 35.4 Å². The zero-order chi connectivity index (χ0) is 28.8. The number of carbonyl (C=O) groups excluding carboxylic acids is 2. The molecule has 40 heavy (non-hydrogen) atoms. The summed E-state index contributed by atoms with van der Waals surface area (Å²) < 4.78 is 7.35. The summed E-state index contributed by atoms with van der Waals surface area (Å²) in [5.74, 6) is -0.768. The lowest BCUT2D eigenvalue weighted by atomic mass is 9.63. The summed E-state index contributed by atoms with van der Waals surface area (Å²) in [6.07, 6.45) is 1.95. The highest BCUT2D eigenvalue weighted by Crippen LogP contribution is 2.55. The second-order valence-corrected chi connectivity index (χ2v) is 13.7. The third kappa shape index (κ3) is 5.67. The molecule has 5 rings (SSSR count). The smallest absolute Gasteiger partial charge is 0.305 e. The molecule has 0 fully saturated rings. The van der Waals surface area contributed by atoms with E-state index in [0.717, 1.165) is 27.0 Å². The SMILES string of the molecule is CC1(C)CC(=O)C2=C(C1)N(CCC(=O)O)C1=C(C(=O)CC(C)(C)C1)C2c1ccccc1OCc1ccc(Br)cc1. The Bertz CT molecular complexity index is 1380. The summed E-state index contributed by atoms with van der Waals surface area (Å²) in [6.45, 7) is 8.89. The number of ketones is 2. The van der Waals surface area contributed by atoms with Crippen LogP contribution in [0.3, 0.4) is 0 Å². The molecule has 210 valence electrons. The highest BCUT2D eigenvalue weighted by Gasteiger charge is 2.49. The Labute approximate surface area is 244 Å². The van der Waals surface area contributed by atoms with Crippen LogP contribution in [-0.4, -0.2) is 34.1 Å². The van der Waals surface area contributed by atoms with Crippen LogP contribution in [0.4, 0.5) is 0 Å². The molecule has 0 atom stereocenters. The number of carboxylic acid groups (broad SMARTS) is 1. The molecular weight excluding hydrogens is 570 g/mol. The zero-order valence-corrected chi connectivity index (χ0v) is 25.1. The van der Waals surface area contributed by atoms with Gasteiger partial charge in [0.2, 0.25) is 0 Å². The highest BCUT2D eigenvalue weighted by molar-refractivity contribution is 9.10. The molecule has 2 aromatic carbocycles. The lowest BCUT2D eigenvalue weighted by Gasteiger charge is -2.49. The van der Waals surface area contributed by atoms with E-state index in [1.54, 1.807) is 0 Å². The van der Waals surface area contributed by atoms with Gasteiger partial charge in [-0.2, -0.15) is 0 Å². The average Bonchev–Trinajstić information content (AvgIpc) is 2.85. The van der Waals surface area contributed by atoms with Gasteiger partial charge in [0.05, 0.1) is 6.42 Å². The number of ether oxygens (including phenoxy) is 1. The summed E-state index contributed by atoms with van der Waals surface area (Å²) in [5.41, 5.74) is 4.23. The van der Waals surface area contributed by atoms with Crippen molar-refractivity contribution in [3.8, 4) is 5.75 Å². The Morgan fingerprint density at radius 1 is 0.900 bits per heavy atom. The van der Waals surface area contributed by atoms with E-state index in [0.29, 0.717) is 49.2 Å². The van der Waals surface area contributed by atoms with E-state index in [1.807, 2.05) is 53.4 Å². The van der Waals surface area contributed by atoms with Gasteiger partial charge in [-0.3, -0.25) is 14.4 Å². The molecule has 2 aromatic rings. The van der Waals surface area contributed by atoms with Crippen LogP contribution in [0, 0.1) is 10.8 Å². The third-order valence-electron chi connectivity index (χ3n) is 8.11. The molecule has 7 heteroatoms. The van der Waals surface area contributed by atoms with Crippen molar-refractivity contribution in [3.05, 3.63) is 86.7 Å². The maximum Gasteiger partial charge on any atom is 0.305 e. The molecule has 0 unspecified atom stereocenters. The Morgan fingerprint density at radius 3 is 2.00 bits per heavy atom. The molecule has 0 saturated heterocycles. The molecule has 0 aromatic heterocycles. The summed E-state index contributed by atoms with van der Waals surface area (Å²) in [5, 5.41) is 9.57. The van der Waals surface area contributed by atoms with Gasteiger partial charge in [0.1, 0.15) is 12.4 Å². The predicted molar refractivity (Wildman–Crippen MR) is 157 cm³/mol. The molecule has 6 nitrogen and oxygen atoms in total. The number of carbonyl (C=O) groups is 3. The van der Waals surface area contributed by atoms with E-state index in [9.17, 15) is 19.5 Å². The molecule has 0 amide bonds. The van der Waals surface area contributed by atoms with E-state index >= 15 is 0 Å². The Morgan fingerprint density at radius 2 is 1.45 bits per heavy atom. The fraction of sp³-hybridized carbons (Fsp3) is 0.424. The predicted octanol–water partition coefficient (Wildman–Crippen LogP) is 7.19. The fourth-order valence-corrected chi connectivity index (χ4v) is 6.69. The number of Topliss-reactive ketones (excluding diaryl/α,β-unsaturated/α-hetero) is 2. The first-order valence-electron chi connectivity index (χ1n) is 13.8. The quantitative estimate of drug-likeness (QED) is 0.359. The number of benzene rings is 2. The minimum Gasteiger partial charge on any atom is -0.489 e. The number of aliphatic carboxylic acids is 1. The number of carboxylic acids is 1. The molecule has 0 radical (unpaired) electrons. The number of para-hydroxylation sites is 1. The lowest BCUT2D eigenvalue weighted by molar-refractivity contribution is -0.137. The van der Waals surface area contributed by atoms with Gasteiger partial charge >= 0.3 is 5.97 Å². The fourth-order valence-electron chi connectivity index (χ4n) is 6.43. The number of hydrogen-bond acceptors (Lipinski definition) is 5. The summed E-state index contributed by atoms with van der Waals surface area (Å²) in [7, 11) is 0. The Hall–Kier alpha value is -3.19. The summed E-state index contributed by atoms with van der Waals surface area (Å²) in [4.78, 5) is 41.6. The lowest BCUT2D eigenvalue weighted by Crippen LogP contribution is -2.45. The molecule has 0 spiro atoms. The topological polar surface area (TPSA) is 83.9 Å². The minimum atomic E-state index is -0.902. The minimum absolute atomic E-state index is 0.0171. The maximum absolute atomic E-state index is 14.0. The van der Waals surface area contributed by atoms with Gasteiger partial charge in [-0.25, -0.2) is 0 Å². The zero-order valence-electron chi connectivity index (χ0n) is 23.6. The molecule has 1 heterocycles. The second kappa shape index (κ2) is 10.7. The van der Waals surface area contributed by atoms with Crippen molar-refractivity contribution >= 4 is 33.5 Å². The monoisotopic (exact) mass is 605 g/mol. The van der Waals surface area contributed by atoms with E-state index in [1.165, 1.54) is 0 Å². The van der Waals surface area contributed by atoms with E-state index in [2.05, 4.69) is 43.6 Å². The number of nitrogens with zero attached hydrogens (tertiary/aromatic N) is 1. The van der Waals surface area contributed by atoms with Gasteiger partial charge in [0.25, 0.3) is 0 Å². The summed E-state index contributed by atoms with van der Waals surface area (Å²) >= 11 is 3.47. The van der Waals surface area contributed by atoms with Crippen LogP contribution in [0.5, 0.6) is 5.75 Å². The Kier molecular flexibility index (Phi) is 7.55. The van der Waals surface area contributed by atoms with E-state index < -0.39 is 11.9 Å². The molecule has 1 N–H and O–H groups in total. The van der Waals surface area contributed by atoms with Gasteiger partial charge in [-0.1, -0.05) is 74.0 Å². The van der Waals surface area contributed by atoms with E-state index in [4.69, 9.17) is 4.74 Å². The van der Waals surface area contributed by atoms with Crippen molar-refractivity contribution in [2.45, 2.75) is 72.3 Å². The summed E-state index contributed by atoms with van der Waals surface area (Å²) in [6, 6.07) is 15.6. The number of hydrogen-bond donors (Lipinski definition) is 1. The van der Waals surface area contributed by atoms with Gasteiger partial charge < -0.3 is 14.7 Å².